The zero-order chi connectivity index (χ0) is 13.6. The first-order valence-corrected chi connectivity index (χ1v) is 6.76. The first-order valence-electron chi connectivity index (χ1n) is 6.76. The van der Waals surface area contributed by atoms with Gasteiger partial charge in [0.1, 0.15) is 6.54 Å². The van der Waals surface area contributed by atoms with Gasteiger partial charge in [-0.15, -0.1) is 24.0 Å². The highest BCUT2D eigenvalue weighted by molar-refractivity contribution is 14.0. The number of rotatable bonds is 3. The Morgan fingerprint density at radius 2 is 1.84 bits per heavy atom. The van der Waals surface area contributed by atoms with Crippen molar-refractivity contribution in [3.63, 3.8) is 0 Å². The van der Waals surface area contributed by atoms with E-state index < -0.39 is 0 Å². The molecule has 1 fully saturated rings. The molecule has 5 nitrogen and oxygen atoms in total. The fourth-order valence-corrected chi connectivity index (χ4v) is 1.96. The largest absolute Gasteiger partial charge is 0.357 e. The number of nitrogens with one attached hydrogen (secondary N) is 2. The third-order valence-electron chi connectivity index (χ3n) is 2.63. The molecule has 0 aliphatic carbocycles. The highest BCUT2D eigenvalue weighted by Gasteiger charge is 2.17. The molecule has 0 aromatic heterocycles. The van der Waals surface area contributed by atoms with Gasteiger partial charge in [-0.1, -0.05) is 0 Å². The highest BCUT2D eigenvalue weighted by atomic mass is 127. The molecular formula is C13H27IN4O. The fourth-order valence-electron chi connectivity index (χ4n) is 1.96. The van der Waals surface area contributed by atoms with Crippen LogP contribution in [-0.4, -0.2) is 48.5 Å². The zero-order valence-corrected chi connectivity index (χ0v) is 14.8. The summed E-state index contributed by atoms with van der Waals surface area (Å²) in [7, 11) is 0. The van der Waals surface area contributed by atoms with Gasteiger partial charge in [0, 0.05) is 25.2 Å². The van der Waals surface area contributed by atoms with Crippen molar-refractivity contribution in [3.05, 3.63) is 0 Å². The van der Waals surface area contributed by atoms with Gasteiger partial charge in [0.2, 0.25) is 5.91 Å². The predicted molar refractivity (Wildman–Crippen MR) is 90.1 cm³/mol. The molecule has 112 valence electrons. The number of hydrogen-bond donors (Lipinski definition) is 2. The molecule has 0 aromatic carbocycles. The van der Waals surface area contributed by atoms with E-state index in [4.69, 9.17) is 0 Å². The van der Waals surface area contributed by atoms with Crippen LogP contribution < -0.4 is 10.6 Å². The van der Waals surface area contributed by atoms with Gasteiger partial charge in [-0.25, -0.2) is 4.99 Å². The summed E-state index contributed by atoms with van der Waals surface area (Å²) in [6.07, 6.45) is 2.41. The third-order valence-corrected chi connectivity index (χ3v) is 2.63. The topological polar surface area (TPSA) is 56.7 Å². The summed E-state index contributed by atoms with van der Waals surface area (Å²) in [6, 6.07) is 0. The van der Waals surface area contributed by atoms with E-state index in [0.717, 1.165) is 25.6 Å². The van der Waals surface area contributed by atoms with E-state index in [0.29, 0.717) is 0 Å². The van der Waals surface area contributed by atoms with Gasteiger partial charge in [0.25, 0.3) is 0 Å². The van der Waals surface area contributed by atoms with Crippen molar-refractivity contribution in [2.45, 2.75) is 46.1 Å². The normalized spacial score (nSPS) is 16.0. The molecule has 1 rings (SSSR count). The SMILES string of the molecule is CCNC(=NCC(=O)NC(C)(C)C)N1CCCC1.I. The Morgan fingerprint density at radius 1 is 1.26 bits per heavy atom. The first kappa shape index (κ1) is 18.5. The van der Waals surface area contributed by atoms with Crippen molar-refractivity contribution in [1.29, 1.82) is 0 Å². The molecule has 0 bridgehead atoms. The molecule has 6 heteroatoms. The van der Waals surface area contributed by atoms with Crippen molar-refractivity contribution in [2.24, 2.45) is 4.99 Å². The van der Waals surface area contributed by atoms with E-state index >= 15 is 0 Å². The molecule has 1 amide bonds. The van der Waals surface area contributed by atoms with E-state index in [-0.39, 0.29) is 42.0 Å². The summed E-state index contributed by atoms with van der Waals surface area (Å²) in [5.74, 6) is 0.830. The van der Waals surface area contributed by atoms with Crippen molar-refractivity contribution in [3.8, 4) is 0 Å². The van der Waals surface area contributed by atoms with Crippen LogP contribution in [0.3, 0.4) is 0 Å². The molecule has 1 aliphatic heterocycles. The maximum Gasteiger partial charge on any atom is 0.242 e. The Bertz CT molecular complexity index is 306. The van der Waals surface area contributed by atoms with Crippen LogP contribution in [0.1, 0.15) is 40.5 Å². The Labute approximate surface area is 133 Å². The summed E-state index contributed by atoms with van der Waals surface area (Å²) in [5, 5.41) is 6.15. The van der Waals surface area contributed by atoms with Gasteiger partial charge in [-0.05, 0) is 40.5 Å². The lowest BCUT2D eigenvalue weighted by Crippen LogP contribution is -2.43. The maximum absolute atomic E-state index is 11.7. The van der Waals surface area contributed by atoms with Gasteiger partial charge >= 0.3 is 0 Å². The summed E-state index contributed by atoms with van der Waals surface area (Å²) >= 11 is 0. The lowest BCUT2D eigenvalue weighted by molar-refractivity contribution is -0.121. The number of halogens is 1. The van der Waals surface area contributed by atoms with Crippen LogP contribution in [0.25, 0.3) is 0 Å². The van der Waals surface area contributed by atoms with Crippen LogP contribution in [0.4, 0.5) is 0 Å². The molecule has 0 unspecified atom stereocenters. The molecule has 0 aromatic rings. The smallest absolute Gasteiger partial charge is 0.242 e. The van der Waals surface area contributed by atoms with Crippen molar-refractivity contribution in [1.82, 2.24) is 15.5 Å². The van der Waals surface area contributed by atoms with Gasteiger partial charge in [0.05, 0.1) is 0 Å². The van der Waals surface area contributed by atoms with Gasteiger partial charge in [-0.3, -0.25) is 4.79 Å². The van der Waals surface area contributed by atoms with Crippen molar-refractivity contribution >= 4 is 35.8 Å². The van der Waals surface area contributed by atoms with E-state index in [2.05, 4.69) is 20.5 Å². The highest BCUT2D eigenvalue weighted by Crippen LogP contribution is 2.07. The molecule has 0 atom stereocenters. The van der Waals surface area contributed by atoms with Crippen LogP contribution in [0.15, 0.2) is 4.99 Å². The van der Waals surface area contributed by atoms with Gasteiger partial charge in [-0.2, -0.15) is 0 Å². The minimum Gasteiger partial charge on any atom is -0.357 e. The molecular weight excluding hydrogens is 355 g/mol. The van der Waals surface area contributed by atoms with E-state index in [1.807, 2.05) is 27.7 Å². The van der Waals surface area contributed by atoms with E-state index in [9.17, 15) is 4.79 Å². The number of amides is 1. The Balaban J connectivity index is 0.00000324. The van der Waals surface area contributed by atoms with Crippen molar-refractivity contribution < 1.29 is 4.79 Å². The summed E-state index contributed by atoms with van der Waals surface area (Å²) < 4.78 is 0. The Kier molecular flexibility index (Phi) is 8.36. The molecule has 0 saturated carbocycles. The van der Waals surface area contributed by atoms with Crippen molar-refractivity contribution in [2.75, 3.05) is 26.2 Å². The standard InChI is InChI=1S/C13H26N4O.HI/c1-5-14-12(17-8-6-7-9-17)15-10-11(18)16-13(2,3)4;/h5-10H2,1-4H3,(H,14,15)(H,16,18);1H. The number of aliphatic imine (C=N–C) groups is 1. The number of carbonyl (C=O) groups is 1. The summed E-state index contributed by atoms with van der Waals surface area (Å²) in [6.45, 7) is 11.0. The first-order chi connectivity index (χ1) is 8.42. The third kappa shape index (κ3) is 7.59. The second-order valence-electron chi connectivity index (χ2n) is 5.66. The molecule has 19 heavy (non-hydrogen) atoms. The van der Waals surface area contributed by atoms with Crippen LogP contribution >= 0.6 is 24.0 Å². The minimum absolute atomic E-state index is 0. The summed E-state index contributed by atoms with van der Waals surface area (Å²) in [4.78, 5) is 18.3. The van der Waals surface area contributed by atoms with Crippen LogP contribution in [0.2, 0.25) is 0 Å². The van der Waals surface area contributed by atoms with Crippen LogP contribution in [0.5, 0.6) is 0 Å². The second kappa shape index (κ2) is 8.60. The molecule has 0 spiro atoms. The average molecular weight is 382 g/mol. The number of carbonyl (C=O) groups excluding carboxylic acids is 1. The summed E-state index contributed by atoms with van der Waals surface area (Å²) in [5.41, 5.74) is -0.196. The van der Waals surface area contributed by atoms with E-state index in [1.165, 1.54) is 12.8 Å². The average Bonchev–Trinajstić information content (AvgIpc) is 2.74. The Morgan fingerprint density at radius 3 is 2.32 bits per heavy atom. The fraction of sp³-hybridized carbons (Fsp3) is 0.846. The number of guanidine groups is 1. The number of likely N-dealkylation sites (tertiary alicyclic amines) is 1. The minimum atomic E-state index is -0.196. The molecule has 0 radical (unpaired) electrons. The monoisotopic (exact) mass is 382 g/mol. The van der Waals surface area contributed by atoms with Gasteiger partial charge in [0.15, 0.2) is 5.96 Å². The quantitative estimate of drug-likeness (QED) is 0.443. The molecule has 1 heterocycles. The Hall–Kier alpha value is -0.530. The molecule has 1 saturated heterocycles. The van der Waals surface area contributed by atoms with Crippen LogP contribution in [-0.2, 0) is 4.79 Å². The lowest BCUT2D eigenvalue weighted by atomic mass is 10.1. The number of hydrogen-bond acceptors (Lipinski definition) is 2. The predicted octanol–water partition coefficient (Wildman–Crippen LogP) is 1.58. The van der Waals surface area contributed by atoms with Crippen LogP contribution in [0, 0.1) is 0 Å². The number of nitrogens with zero attached hydrogens (tertiary/aromatic N) is 2. The maximum atomic E-state index is 11.7. The lowest BCUT2D eigenvalue weighted by Gasteiger charge is -2.22. The molecule has 1 aliphatic rings. The molecule has 2 N–H and O–H groups in total. The van der Waals surface area contributed by atoms with E-state index in [1.54, 1.807) is 0 Å². The van der Waals surface area contributed by atoms with Gasteiger partial charge < -0.3 is 15.5 Å². The zero-order valence-electron chi connectivity index (χ0n) is 12.5. The second-order valence-corrected chi connectivity index (χ2v) is 5.66.